The van der Waals surface area contributed by atoms with Crippen molar-refractivity contribution in [2.24, 2.45) is 0 Å². The number of nitrogens with two attached hydrogens (primary N) is 1. The fourth-order valence-electron chi connectivity index (χ4n) is 2.92. The first kappa shape index (κ1) is 20.6. The number of ether oxygens (including phenoxy) is 2. The first-order valence-electron chi connectivity index (χ1n) is 8.97. The van der Waals surface area contributed by atoms with Crippen LogP contribution in [0.4, 0.5) is 0 Å². The lowest BCUT2D eigenvalue weighted by Crippen LogP contribution is -2.80. The van der Waals surface area contributed by atoms with Crippen LogP contribution in [0.5, 0.6) is 0 Å². The Bertz CT molecular complexity index is 993. The third-order valence-corrected chi connectivity index (χ3v) is 4.76. The Morgan fingerprint density at radius 1 is 0.931 bits per heavy atom. The molecule has 2 aromatic carbocycles. The van der Waals surface area contributed by atoms with E-state index in [4.69, 9.17) is 25.5 Å². The Labute approximate surface area is 173 Å². The summed E-state index contributed by atoms with van der Waals surface area (Å²) in [5, 5.41) is 2.81. The van der Waals surface area contributed by atoms with Gasteiger partial charge < -0.3 is 19.2 Å². The summed E-state index contributed by atoms with van der Waals surface area (Å²) in [5.41, 5.74) is 2.13. The molecule has 0 aliphatic rings. The lowest BCUT2D eigenvalue weighted by atomic mass is 10.0. The average molecular weight is 415 g/mol. The molecular weight excluding hydrogens is 394 g/mol. The lowest BCUT2D eigenvalue weighted by Gasteiger charge is -2.06. The van der Waals surface area contributed by atoms with E-state index in [9.17, 15) is 9.59 Å². The first-order valence-corrected chi connectivity index (χ1v) is 9.35. The van der Waals surface area contributed by atoms with Gasteiger partial charge in [0.2, 0.25) is 0 Å². The van der Waals surface area contributed by atoms with Crippen LogP contribution in [0, 0.1) is 0 Å². The molecule has 1 aromatic heterocycles. The van der Waals surface area contributed by atoms with E-state index < -0.39 is 11.9 Å². The molecule has 3 rings (SSSR count). The van der Waals surface area contributed by atoms with Crippen molar-refractivity contribution in [3.05, 3.63) is 82.1 Å². The summed E-state index contributed by atoms with van der Waals surface area (Å²) in [4.78, 5) is 23.9. The third kappa shape index (κ3) is 5.04. The highest BCUT2D eigenvalue weighted by atomic mass is 35.5. The molecule has 0 aliphatic carbocycles. The molecule has 0 amide bonds. The molecule has 0 atom stereocenters. The Kier molecular flexibility index (Phi) is 6.69. The maximum Gasteiger partial charge on any atom is 0.337 e. The fourth-order valence-corrected chi connectivity index (χ4v) is 3.13. The molecule has 1 heterocycles. The quantitative estimate of drug-likeness (QED) is 0.599. The number of furan rings is 1. The van der Waals surface area contributed by atoms with Gasteiger partial charge in [0.15, 0.2) is 5.76 Å². The number of esters is 2. The van der Waals surface area contributed by atoms with Crippen molar-refractivity contribution in [2.45, 2.75) is 13.1 Å². The molecule has 0 radical (unpaired) electrons. The molecule has 0 spiro atoms. The van der Waals surface area contributed by atoms with E-state index in [0.717, 1.165) is 22.9 Å². The topological polar surface area (TPSA) is 82.4 Å². The second kappa shape index (κ2) is 9.41. The molecule has 150 valence electrons. The zero-order chi connectivity index (χ0) is 20.8. The van der Waals surface area contributed by atoms with Gasteiger partial charge in [0.05, 0.1) is 25.3 Å². The van der Waals surface area contributed by atoms with Crippen LogP contribution >= 0.6 is 11.6 Å². The zero-order valence-electron chi connectivity index (χ0n) is 16.1. The molecule has 6 nitrogen and oxygen atoms in total. The lowest BCUT2D eigenvalue weighted by molar-refractivity contribution is -0.687. The van der Waals surface area contributed by atoms with Crippen molar-refractivity contribution >= 4 is 23.5 Å². The summed E-state index contributed by atoms with van der Waals surface area (Å²) >= 11 is 6.18. The number of quaternary nitrogens is 1. The van der Waals surface area contributed by atoms with Crippen LogP contribution in [0.3, 0.4) is 0 Å². The molecule has 0 saturated carbocycles. The number of methoxy groups -OCH3 is 2. The van der Waals surface area contributed by atoms with Crippen molar-refractivity contribution in [1.82, 2.24) is 0 Å². The molecule has 0 aliphatic heterocycles. The number of benzene rings is 2. The second-order valence-electron chi connectivity index (χ2n) is 6.34. The van der Waals surface area contributed by atoms with Crippen LogP contribution < -0.4 is 5.32 Å². The first-order chi connectivity index (χ1) is 14.0. The number of rotatable bonds is 7. The highest BCUT2D eigenvalue weighted by Crippen LogP contribution is 2.25. The van der Waals surface area contributed by atoms with Crippen LogP contribution in [0.15, 0.2) is 59.0 Å². The zero-order valence-corrected chi connectivity index (χ0v) is 16.9. The maximum atomic E-state index is 11.9. The van der Waals surface area contributed by atoms with E-state index in [-0.39, 0.29) is 11.1 Å². The average Bonchev–Trinajstić information content (AvgIpc) is 3.22. The SMILES string of the molecule is COC(=O)c1cc(C(=O)OC)cc(-c2ccc(C[NH2+]Cc3ccccc3Cl)o2)c1. The molecule has 0 unspecified atom stereocenters. The molecule has 7 heteroatoms. The molecular formula is C22H21ClNO5+. The maximum absolute atomic E-state index is 11.9. The normalized spacial score (nSPS) is 10.6. The highest BCUT2D eigenvalue weighted by Gasteiger charge is 2.16. The van der Waals surface area contributed by atoms with E-state index in [0.29, 0.717) is 17.9 Å². The molecule has 0 saturated heterocycles. The number of halogens is 1. The predicted molar refractivity (Wildman–Crippen MR) is 108 cm³/mol. The van der Waals surface area contributed by atoms with Crippen LogP contribution in [-0.2, 0) is 22.6 Å². The summed E-state index contributed by atoms with van der Waals surface area (Å²) in [5.74, 6) is 0.214. The molecule has 29 heavy (non-hydrogen) atoms. The van der Waals surface area contributed by atoms with Crippen LogP contribution in [0.1, 0.15) is 32.0 Å². The van der Waals surface area contributed by atoms with Crippen molar-refractivity contribution < 1.29 is 28.8 Å². The highest BCUT2D eigenvalue weighted by molar-refractivity contribution is 6.31. The van der Waals surface area contributed by atoms with E-state index >= 15 is 0 Å². The summed E-state index contributed by atoms with van der Waals surface area (Å²) in [7, 11) is 2.57. The van der Waals surface area contributed by atoms with Gasteiger partial charge in [-0.25, -0.2) is 9.59 Å². The van der Waals surface area contributed by atoms with Gasteiger partial charge in [0.1, 0.15) is 18.8 Å². The van der Waals surface area contributed by atoms with Crippen molar-refractivity contribution in [3.63, 3.8) is 0 Å². The van der Waals surface area contributed by atoms with Crippen LogP contribution in [-0.4, -0.2) is 26.2 Å². The summed E-state index contributed by atoms with van der Waals surface area (Å²) in [6, 6.07) is 16.0. The Morgan fingerprint density at radius 2 is 1.59 bits per heavy atom. The summed E-state index contributed by atoms with van der Waals surface area (Å²) < 4.78 is 15.4. The third-order valence-electron chi connectivity index (χ3n) is 4.39. The smallest absolute Gasteiger partial charge is 0.337 e. The molecule has 0 fully saturated rings. The predicted octanol–water partition coefficient (Wildman–Crippen LogP) is 3.44. The van der Waals surface area contributed by atoms with Gasteiger partial charge in [-0.3, -0.25) is 0 Å². The van der Waals surface area contributed by atoms with Crippen molar-refractivity contribution in [2.75, 3.05) is 14.2 Å². The Morgan fingerprint density at radius 3 is 2.21 bits per heavy atom. The molecule has 2 N–H and O–H groups in total. The van der Waals surface area contributed by atoms with Crippen molar-refractivity contribution in [3.8, 4) is 11.3 Å². The molecule has 3 aromatic rings. The van der Waals surface area contributed by atoms with E-state index in [1.54, 1.807) is 18.2 Å². The van der Waals surface area contributed by atoms with E-state index in [2.05, 4.69) is 5.32 Å². The van der Waals surface area contributed by atoms with E-state index in [1.807, 2.05) is 30.3 Å². The number of carbonyl (C=O) groups is 2. The second-order valence-corrected chi connectivity index (χ2v) is 6.74. The van der Waals surface area contributed by atoms with E-state index in [1.165, 1.54) is 20.3 Å². The monoisotopic (exact) mass is 414 g/mol. The fraction of sp³-hybridized carbons (Fsp3) is 0.182. The standard InChI is InChI=1S/C22H20ClNO5/c1-27-21(25)16-9-15(10-17(11-16)22(26)28-2)20-8-7-18(29-20)13-24-12-14-5-3-4-6-19(14)23/h3-11,24H,12-13H2,1-2H3/p+1. The van der Waals surface area contributed by atoms with Gasteiger partial charge in [0, 0.05) is 16.1 Å². The minimum absolute atomic E-state index is 0.244. The minimum Gasteiger partial charge on any atom is -0.465 e. The Balaban J connectivity index is 1.77. The van der Waals surface area contributed by atoms with Gasteiger partial charge in [-0.2, -0.15) is 0 Å². The summed E-state index contributed by atoms with van der Waals surface area (Å²) in [6.07, 6.45) is 0. The van der Waals surface area contributed by atoms with Gasteiger partial charge in [-0.15, -0.1) is 0 Å². The van der Waals surface area contributed by atoms with Gasteiger partial charge in [0.25, 0.3) is 0 Å². The Hall–Kier alpha value is -3.09. The van der Waals surface area contributed by atoms with Crippen molar-refractivity contribution in [1.29, 1.82) is 0 Å². The number of hydrogen-bond acceptors (Lipinski definition) is 5. The minimum atomic E-state index is -0.545. The van der Waals surface area contributed by atoms with Gasteiger partial charge >= 0.3 is 11.9 Å². The molecule has 0 bridgehead atoms. The van der Waals surface area contributed by atoms with Crippen LogP contribution in [0.2, 0.25) is 5.02 Å². The summed E-state index contributed by atoms with van der Waals surface area (Å²) in [6.45, 7) is 1.34. The van der Waals surface area contributed by atoms with Gasteiger partial charge in [-0.05, 0) is 36.4 Å². The number of carbonyl (C=O) groups excluding carboxylic acids is 2. The number of hydrogen-bond donors (Lipinski definition) is 1. The van der Waals surface area contributed by atoms with Crippen LogP contribution in [0.25, 0.3) is 11.3 Å². The van der Waals surface area contributed by atoms with Gasteiger partial charge in [-0.1, -0.05) is 29.8 Å². The largest absolute Gasteiger partial charge is 0.465 e.